The first kappa shape index (κ1) is 17.3. The van der Waals surface area contributed by atoms with Gasteiger partial charge in [0.15, 0.2) is 0 Å². The minimum atomic E-state index is -3.51. The normalized spacial score (nSPS) is 19.3. The number of hydrogen-bond donors (Lipinski definition) is 1. The number of rotatable bonds is 3. The molecule has 4 nitrogen and oxygen atoms in total. The largest absolute Gasteiger partial charge is 0.353 e. The number of pyridine rings is 1. The highest BCUT2D eigenvalue weighted by molar-refractivity contribution is 7.89. The van der Waals surface area contributed by atoms with E-state index in [9.17, 15) is 8.42 Å². The first-order valence-electron chi connectivity index (χ1n) is 8.17. The molecule has 0 aliphatic carbocycles. The number of benzene rings is 1. The SMILES string of the molecule is Cc1ccc(S(=O)(=O)N2CCCC[C@H]2c2c[nH]c(=S)cc2C)cc1. The van der Waals surface area contributed by atoms with Gasteiger partial charge in [0.1, 0.15) is 4.64 Å². The molecule has 128 valence electrons. The fraction of sp³-hybridized carbons (Fsp3) is 0.389. The summed E-state index contributed by atoms with van der Waals surface area (Å²) in [5.41, 5.74) is 3.10. The molecular formula is C18H22N2O2S2. The highest BCUT2D eigenvalue weighted by Crippen LogP contribution is 2.36. The molecule has 0 radical (unpaired) electrons. The van der Waals surface area contributed by atoms with Crippen molar-refractivity contribution in [1.29, 1.82) is 0 Å². The molecule has 1 atom stereocenters. The zero-order chi connectivity index (χ0) is 17.3. The van der Waals surface area contributed by atoms with Crippen molar-refractivity contribution in [2.24, 2.45) is 0 Å². The monoisotopic (exact) mass is 362 g/mol. The summed E-state index contributed by atoms with van der Waals surface area (Å²) >= 11 is 5.16. The summed E-state index contributed by atoms with van der Waals surface area (Å²) in [5, 5.41) is 0. The lowest BCUT2D eigenvalue weighted by Gasteiger charge is -2.35. The van der Waals surface area contributed by atoms with Crippen molar-refractivity contribution in [1.82, 2.24) is 9.29 Å². The first-order chi connectivity index (χ1) is 11.4. The molecule has 6 heteroatoms. The van der Waals surface area contributed by atoms with E-state index in [1.807, 2.05) is 38.2 Å². The molecule has 2 aromatic rings. The summed E-state index contributed by atoms with van der Waals surface area (Å²) in [6, 6.07) is 8.84. The van der Waals surface area contributed by atoms with Crippen LogP contribution < -0.4 is 0 Å². The van der Waals surface area contributed by atoms with Gasteiger partial charge in [-0.3, -0.25) is 0 Å². The molecule has 1 fully saturated rings. The smallest absolute Gasteiger partial charge is 0.243 e. The number of nitrogens with zero attached hydrogens (tertiary/aromatic N) is 1. The van der Waals surface area contributed by atoms with Gasteiger partial charge in [-0.1, -0.05) is 36.3 Å². The van der Waals surface area contributed by atoms with E-state index in [1.165, 1.54) is 0 Å². The highest BCUT2D eigenvalue weighted by atomic mass is 32.2. The van der Waals surface area contributed by atoms with Crippen molar-refractivity contribution in [2.45, 2.75) is 44.0 Å². The Kier molecular flexibility index (Phi) is 4.90. The summed E-state index contributed by atoms with van der Waals surface area (Å²) in [6.45, 7) is 4.50. The average molecular weight is 363 g/mol. The van der Waals surface area contributed by atoms with Crippen molar-refractivity contribution in [3.8, 4) is 0 Å². The predicted molar refractivity (Wildman–Crippen MR) is 98.0 cm³/mol. The van der Waals surface area contributed by atoms with Gasteiger partial charge in [0.2, 0.25) is 10.0 Å². The fourth-order valence-electron chi connectivity index (χ4n) is 3.29. The van der Waals surface area contributed by atoms with Crippen LogP contribution in [0, 0.1) is 18.5 Å². The van der Waals surface area contributed by atoms with Gasteiger partial charge in [-0.05, 0) is 56.0 Å². The number of hydrogen-bond acceptors (Lipinski definition) is 3. The molecule has 0 spiro atoms. The van der Waals surface area contributed by atoms with Gasteiger partial charge in [-0.25, -0.2) is 8.42 Å². The number of H-pyrrole nitrogens is 1. The van der Waals surface area contributed by atoms with Crippen molar-refractivity contribution in [2.75, 3.05) is 6.54 Å². The van der Waals surface area contributed by atoms with Crippen molar-refractivity contribution >= 4 is 22.2 Å². The average Bonchev–Trinajstić information content (AvgIpc) is 2.55. The van der Waals surface area contributed by atoms with Gasteiger partial charge in [0.25, 0.3) is 0 Å². The molecule has 1 aliphatic rings. The van der Waals surface area contributed by atoms with Crippen LogP contribution in [0.4, 0.5) is 0 Å². The third-order valence-electron chi connectivity index (χ3n) is 4.61. The standard InChI is InChI=1S/C18H22N2O2S2/c1-13-6-8-15(9-7-13)24(21,22)20-10-4-3-5-17(20)16-12-19-18(23)11-14(16)2/h6-9,11-12,17H,3-5,10H2,1-2H3,(H,19,23)/t17-/m0/s1. The van der Waals surface area contributed by atoms with Gasteiger partial charge < -0.3 is 4.98 Å². The molecule has 1 aromatic heterocycles. The topological polar surface area (TPSA) is 53.2 Å². The van der Waals surface area contributed by atoms with Crippen LogP contribution in [0.3, 0.4) is 0 Å². The summed E-state index contributed by atoms with van der Waals surface area (Å²) in [5.74, 6) is 0. The third-order valence-corrected chi connectivity index (χ3v) is 6.77. The molecule has 2 heterocycles. The maximum Gasteiger partial charge on any atom is 0.243 e. The maximum atomic E-state index is 13.2. The summed E-state index contributed by atoms with van der Waals surface area (Å²) in [4.78, 5) is 3.41. The van der Waals surface area contributed by atoms with E-state index in [4.69, 9.17) is 12.2 Å². The number of aromatic nitrogens is 1. The molecule has 0 unspecified atom stereocenters. The molecule has 1 N–H and O–H groups in total. The third kappa shape index (κ3) is 3.31. The molecule has 24 heavy (non-hydrogen) atoms. The predicted octanol–water partition coefficient (Wildman–Crippen LogP) is 4.28. The molecule has 0 amide bonds. The van der Waals surface area contributed by atoms with Crippen molar-refractivity contribution in [3.05, 3.63) is 57.9 Å². The molecule has 3 rings (SSSR count). The zero-order valence-corrected chi connectivity index (χ0v) is 15.6. The van der Waals surface area contributed by atoms with Gasteiger partial charge >= 0.3 is 0 Å². The van der Waals surface area contributed by atoms with E-state index in [-0.39, 0.29) is 6.04 Å². The number of aryl methyl sites for hydroxylation is 2. The number of nitrogens with one attached hydrogen (secondary N) is 1. The Bertz CT molecular complexity index is 886. The zero-order valence-electron chi connectivity index (χ0n) is 14.0. The summed E-state index contributed by atoms with van der Waals surface area (Å²) in [7, 11) is -3.51. The van der Waals surface area contributed by atoms with Gasteiger partial charge in [-0.2, -0.15) is 4.31 Å². The Morgan fingerprint density at radius 2 is 1.88 bits per heavy atom. The van der Waals surface area contributed by atoms with Gasteiger partial charge in [-0.15, -0.1) is 0 Å². The number of sulfonamides is 1. The summed E-state index contributed by atoms with van der Waals surface area (Å²) < 4.78 is 28.6. The van der Waals surface area contributed by atoms with E-state index < -0.39 is 10.0 Å². The molecule has 1 saturated heterocycles. The Morgan fingerprint density at radius 3 is 2.54 bits per heavy atom. The lowest BCUT2D eigenvalue weighted by atomic mass is 9.96. The minimum Gasteiger partial charge on any atom is -0.353 e. The van der Waals surface area contributed by atoms with Crippen LogP contribution in [0.25, 0.3) is 0 Å². The lowest BCUT2D eigenvalue weighted by molar-refractivity contribution is 0.255. The second-order valence-electron chi connectivity index (χ2n) is 6.38. The Labute approximate surface area is 148 Å². The van der Waals surface area contributed by atoms with Crippen LogP contribution in [-0.4, -0.2) is 24.3 Å². The van der Waals surface area contributed by atoms with Crippen molar-refractivity contribution in [3.63, 3.8) is 0 Å². The highest BCUT2D eigenvalue weighted by Gasteiger charge is 2.35. The molecule has 0 saturated carbocycles. The summed E-state index contributed by atoms with van der Waals surface area (Å²) in [6.07, 6.45) is 4.62. The lowest BCUT2D eigenvalue weighted by Crippen LogP contribution is -2.38. The fourth-order valence-corrected chi connectivity index (χ4v) is 5.20. The minimum absolute atomic E-state index is 0.142. The maximum absolute atomic E-state index is 13.2. The first-order valence-corrected chi connectivity index (χ1v) is 10.0. The molecule has 0 bridgehead atoms. The second-order valence-corrected chi connectivity index (χ2v) is 8.71. The van der Waals surface area contributed by atoms with Crippen molar-refractivity contribution < 1.29 is 8.42 Å². The Hall–Kier alpha value is -1.50. The van der Waals surface area contributed by atoms with Crippen LogP contribution in [0.1, 0.15) is 42.0 Å². The van der Waals surface area contributed by atoms with E-state index in [2.05, 4.69) is 4.98 Å². The Balaban J connectivity index is 2.03. The van der Waals surface area contributed by atoms with E-state index >= 15 is 0 Å². The van der Waals surface area contributed by atoms with E-state index in [0.29, 0.717) is 16.1 Å². The van der Waals surface area contributed by atoms with E-state index in [0.717, 1.165) is 36.0 Å². The van der Waals surface area contributed by atoms with Crippen LogP contribution >= 0.6 is 12.2 Å². The molecular weight excluding hydrogens is 340 g/mol. The molecule has 1 aliphatic heterocycles. The van der Waals surface area contributed by atoms with E-state index in [1.54, 1.807) is 16.4 Å². The van der Waals surface area contributed by atoms with Crippen LogP contribution in [0.15, 0.2) is 41.4 Å². The number of piperidine rings is 1. The second kappa shape index (κ2) is 6.78. The quantitative estimate of drug-likeness (QED) is 0.829. The van der Waals surface area contributed by atoms with Crippen LogP contribution in [0.2, 0.25) is 0 Å². The van der Waals surface area contributed by atoms with Gasteiger partial charge in [0.05, 0.1) is 10.9 Å². The van der Waals surface area contributed by atoms with Crippen LogP contribution in [0.5, 0.6) is 0 Å². The van der Waals surface area contributed by atoms with Gasteiger partial charge in [0, 0.05) is 12.7 Å². The van der Waals surface area contributed by atoms with Crippen LogP contribution in [-0.2, 0) is 10.0 Å². The molecule has 1 aromatic carbocycles. The number of aromatic amines is 1. The Morgan fingerprint density at radius 1 is 1.17 bits per heavy atom.